The van der Waals surface area contributed by atoms with Gasteiger partial charge >= 0.3 is 0 Å². The lowest BCUT2D eigenvalue weighted by Gasteiger charge is -2.10. The van der Waals surface area contributed by atoms with E-state index >= 15 is 0 Å². The molecule has 2 rings (SSSR count). The number of nitrogens with one attached hydrogen (secondary N) is 1. The Kier molecular flexibility index (Phi) is 5.94. The zero-order valence-electron chi connectivity index (χ0n) is 11.8. The van der Waals surface area contributed by atoms with Gasteiger partial charge in [-0.2, -0.15) is 0 Å². The van der Waals surface area contributed by atoms with Crippen LogP contribution in [0.4, 0.5) is 4.39 Å². The summed E-state index contributed by atoms with van der Waals surface area (Å²) in [5.74, 6) is -0.675. The Morgan fingerprint density at radius 1 is 1.36 bits per heavy atom. The van der Waals surface area contributed by atoms with Gasteiger partial charge < -0.3 is 10.1 Å². The van der Waals surface area contributed by atoms with Crippen LogP contribution >= 0.6 is 27.5 Å². The van der Waals surface area contributed by atoms with E-state index < -0.39 is 0 Å². The van der Waals surface area contributed by atoms with E-state index in [-0.39, 0.29) is 24.9 Å². The van der Waals surface area contributed by atoms with Crippen LogP contribution in [0.2, 0.25) is 5.02 Å². The molecule has 0 aliphatic carbocycles. The highest BCUT2D eigenvalue weighted by Crippen LogP contribution is 2.24. The van der Waals surface area contributed by atoms with Gasteiger partial charge in [0.2, 0.25) is 0 Å². The van der Waals surface area contributed by atoms with Crippen LogP contribution in [-0.4, -0.2) is 13.0 Å². The summed E-state index contributed by atoms with van der Waals surface area (Å²) in [4.78, 5) is 12.2. The Bertz CT molecular complexity index is 674. The number of amides is 1. The third-order valence-corrected chi connectivity index (χ3v) is 4.04. The van der Waals surface area contributed by atoms with Gasteiger partial charge in [0.1, 0.15) is 5.82 Å². The van der Waals surface area contributed by atoms with Crippen LogP contribution in [0.15, 0.2) is 40.9 Å². The second-order valence-corrected chi connectivity index (χ2v) is 5.90. The van der Waals surface area contributed by atoms with Crippen LogP contribution in [0.25, 0.3) is 0 Å². The molecule has 0 heterocycles. The summed E-state index contributed by atoms with van der Waals surface area (Å²) in [7, 11) is 1.51. The fourth-order valence-electron chi connectivity index (χ4n) is 1.96. The molecule has 0 fully saturated rings. The number of hydrogen-bond donors (Lipinski definition) is 1. The molecule has 1 amide bonds. The molecule has 6 heteroatoms. The van der Waals surface area contributed by atoms with Crippen LogP contribution in [0.5, 0.6) is 0 Å². The summed E-state index contributed by atoms with van der Waals surface area (Å²) in [6.07, 6.45) is 0. The first kappa shape index (κ1) is 16.9. The lowest BCUT2D eigenvalue weighted by molar-refractivity contribution is 0.0950. The smallest absolute Gasteiger partial charge is 0.254 e. The molecule has 0 aromatic heterocycles. The predicted octanol–water partition coefficient (Wildman–Crippen LogP) is 4.32. The SMILES string of the molecule is COCc1ccc(CNC(=O)c2c(Cl)cccc2Br)cc1F. The van der Waals surface area contributed by atoms with E-state index in [4.69, 9.17) is 16.3 Å². The first-order valence-electron chi connectivity index (χ1n) is 6.51. The van der Waals surface area contributed by atoms with Crippen LogP contribution in [0.1, 0.15) is 21.5 Å². The van der Waals surface area contributed by atoms with E-state index in [0.717, 1.165) is 0 Å². The number of carbonyl (C=O) groups is 1. The van der Waals surface area contributed by atoms with E-state index in [1.165, 1.54) is 13.2 Å². The Morgan fingerprint density at radius 2 is 2.14 bits per heavy atom. The van der Waals surface area contributed by atoms with E-state index in [2.05, 4.69) is 21.2 Å². The summed E-state index contributed by atoms with van der Waals surface area (Å²) < 4.78 is 19.3. The van der Waals surface area contributed by atoms with Crippen molar-refractivity contribution in [3.05, 3.63) is 68.4 Å². The molecule has 0 saturated carbocycles. The molecule has 0 bridgehead atoms. The van der Waals surface area contributed by atoms with Crippen molar-refractivity contribution in [1.29, 1.82) is 0 Å². The van der Waals surface area contributed by atoms with Gasteiger partial charge in [0.25, 0.3) is 5.91 Å². The summed E-state index contributed by atoms with van der Waals surface area (Å²) >= 11 is 9.32. The highest BCUT2D eigenvalue weighted by Gasteiger charge is 2.14. The zero-order chi connectivity index (χ0) is 16.1. The molecule has 0 aliphatic rings. The zero-order valence-corrected chi connectivity index (χ0v) is 14.2. The fraction of sp³-hybridized carbons (Fsp3) is 0.188. The first-order chi connectivity index (χ1) is 10.5. The van der Waals surface area contributed by atoms with Crippen molar-refractivity contribution in [1.82, 2.24) is 5.32 Å². The number of carbonyl (C=O) groups excluding carboxylic acids is 1. The molecule has 22 heavy (non-hydrogen) atoms. The van der Waals surface area contributed by atoms with Gasteiger partial charge in [0.05, 0.1) is 17.2 Å². The van der Waals surface area contributed by atoms with Crippen LogP contribution < -0.4 is 5.32 Å². The van der Waals surface area contributed by atoms with Gasteiger partial charge in [-0.3, -0.25) is 4.79 Å². The van der Waals surface area contributed by atoms with Crippen molar-refractivity contribution in [2.75, 3.05) is 7.11 Å². The van der Waals surface area contributed by atoms with E-state index in [1.54, 1.807) is 30.3 Å². The average molecular weight is 387 g/mol. The maximum Gasteiger partial charge on any atom is 0.254 e. The Balaban J connectivity index is 2.07. The number of halogens is 3. The second kappa shape index (κ2) is 7.72. The lowest BCUT2D eigenvalue weighted by Crippen LogP contribution is -2.23. The second-order valence-electron chi connectivity index (χ2n) is 4.64. The van der Waals surface area contributed by atoms with Crippen LogP contribution in [0, 0.1) is 5.82 Å². The predicted molar refractivity (Wildman–Crippen MR) is 87.4 cm³/mol. The molecule has 0 radical (unpaired) electrons. The van der Waals surface area contributed by atoms with Crippen molar-refractivity contribution in [2.45, 2.75) is 13.2 Å². The number of hydrogen-bond acceptors (Lipinski definition) is 2. The number of methoxy groups -OCH3 is 1. The Morgan fingerprint density at radius 3 is 2.77 bits per heavy atom. The lowest BCUT2D eigenvalue weighted by atomic mass is 10.1. The molecule has 2 aromatic rings. The Hall–Kier alpha value is -1.43. The van der Waals surface area contributed by atoms with E-state index in [0.29, 0.717) is 26.2 Å². The van der Waals surface area contributed by atoms with Gasteiger partial charge in [-0.05, 0) is 39.7 Å². The summed E-state index contributed by atoms with van der Waals surface area (Å²) in [6, 6.07) is 9.90. The fourth-order valence-corrected chi connectivity index (χ4v) is 2.88. The van der Waals surface area contributed by atoms with Crippen molar-refractivity contribution in [3.8, 4) is 0 Å². The molecule has 3 nitrogen and oxygen atoms in total. The first-order valence-corrected chi connectivity index (χ1v) is 7.68. The monoisotopic (exact) mass is 385 g/mol. The number of rotatable bonds is 5. The quantitative estimate of drug-likeness (QED) is 0.831. The minimum atomic E-state index is -0.354. The Labute approximate surface area is 141 Å². The van der Waals surface area contributed by atoms with E-state index in [9.17, 15) is 9.18 Å². The van der Waals surface area contributed by atoms with Crippen molar-refractivity contribution >= 4 is 33.4 Å². The van der Waals surface area contributed by atoms with Gasteiger partial charge in [-0.25, -0.2) is 4.39 Å². The maximum absolute atomic E-state index is 13.8. The normalized spacial score (nSPS) is 10.5. The molecule has 1 N–H and O–H groups in total. The van der Waals surface area contributed by atoms with Gasteiger partial charge in [-0.1, -0.05) is 29.8 Å². The molecule has 0 unspecified atom stereocenters. The van der Waals surface area contributed by atoms with Gasteiger partial charge in [-0.15, -0.1) is 0 Å². The summed E-state index contributed by atoms with van der Waals surface area (Å²) in [6.45, 7) is 0.422. The van der Waals surface area contributed by atoms with Gasteiger partial charge in [0.15, 0.2) is 0 Å². The summed E-state index contributed by atoms with van der Waals surface area (Å²) in [5, 5.41) is 3.08. The highest BCUT2D eigenvalue weighted by molar-refractivity contribution is 9.10. The third-order valence-electron chi connectivity index (χ3n) is 3.06. The molecule has 0 spiro atoms. The van der Waals surface area contributed by atoms with E-state index in [1.807, 2.05) is 0 Å². The van der Waals surface area contributed by atoms with Crippen molar-refractivity contribution in [2.24, 2.45) is 0 Å². The summed E-state index contributed by atoms with van der Waals surface area (Å²) in [5.41, 5.74) is 1.50. The largest absolute Gasteiger partial charge is 0.380 e. The van der Waals surface area contributed by atoms with Gasteiger partial charge in [0, 0.05) is 23.7 Å². The van der Waals surface area contributed by atoms with Crippen molar-refractivity contribution in [3.63, 3.8) is 0 Å². The molecule has 116 valence electrons. The minimum Gasteiger partial charge on any atom is -0.380 e. The number of ether oxygens (including phenoxy) is 1. The molecule has 0 saturated heterocycles. The van der Waals surface area contributed by atoms with Crippen molar-refractivity contribution < 1.29 is 13.9 Å². The van der Waals surface area contributed by atoms with Crippen LogP contribution in [0.3, 0.4) is 0 Å². The molecular formula is C16H14BrClFNO2. The maximum atomic E-state index is 13.8. The van der Waals surface area contributed by atoms with Crippen LogP contribution in [-0.2, 0) is 17.9 Å². The average Bonchev–Trinajstić information content (AvgIpc) is 2.47. The molecular weight excluding hydrogens is 373 g/mol. The number of benzene rings is 2. The third kappa shape index (κ3) is 4.06. The standard InChI is InChI=1S/C16H14BrClFNO2/c1-22-9-11-6-5-10(7-14(11)19)8-20-16(21)15-12(17)3-2-4-13(15)18/h2-7H,8-9H2,1H3,(H,20,21). The molecule has 0 atom stereocenters. The molecule has 0 aliphatic heterocycles. The molecule has 2 aromatic carbocycles. The minimum absolute atomic E-state index is 0.209. The topological polar surface area (TPSA) is 38.3 Å². The highest BCUT2D eigenvalue weighted by atomic mass is 79.9.